The van der Waals surface area contributed by atoms with E-state index >= 15 is 0 Å². The van der Waals surface area contributed by atoms with Crippen LogP contribution in [0, 0.1) is 5.92 Å². The van der Waals surface area contributed by atoms with Gasteiger partial charge in [-0.3, -0.25) is 0 Å². The molecule has 1 rings (SSSR count). The first-order valence-corrected chi connectivity index (χ1v) is 7.46. The lowest BCUT2D eigenvalue weighted by atomic mass is 9.78. The average molecular weight is 256 g/mol. The van der Waals surface area contributed by atoms with Crippen LogP contribution in [0.5, 0.6) is 0 Å². The smallest absolute Gasteiger partial charge is 0.0613 e. The first kappa shape index (κ1) is 15.9. The van der Waals surface area contributed by atoms with Crippen LogP contribution in [-0.2, 0) is 0 Å². The number of nitrogens with zero attached hydrogens (tertiary/aromatic N) is 1. The van der Waals surface area contributed by atoms with Gasteiger partial charge < -0.3 is 15.3 Å². The molecule has 0 aromatic heterocycles. The standard InChI is InChI=1S/C15H32N2O/c1-12(2)9-13(3)17(5)14-7-6-8-15(10-14,11-18)16-4/h12-14,16,18H,6-11H2,1-5H3. The van der Waals surface area contributed by atoms with Crippen molar-refractivity contribution in [2.45, 2.75) is 70.5 Å². The van der Waals surface area contributed by atoms with Gasteiger partial charge in [0.2, 0.25) is 0 Å². The van der Waals surface area contributed by atoms with Gasteiger partial charge in [-0.05, 0) is 59.0 Å². The number of rotatable bonds is 6. The van der Waals surface area contributed by atoms with Gasteiger partial charge in [0, 0.05) is 17.6 Å². The van der Waals surface area contributed by atoms with Crippen molar-refractivity contribution in [1.82, 2.24) is 10.2 Å². The minimum absolute atomic E-state index is 0.0469. The Balaban J connectivity index is 2.60. The van der Waals surface area contributed by atoms with Gasteiger partial charge in [-0.25, -0.2) is 0 Å². The fraction of sp³-hybridized carbons (Fsp3) is 1.00. The van der Waals surface area contributed by atoms with Crippen molar-refractivity contribution in [2.24, 2.45) is 5.92 Å². The van der Waals surface area contributed by atoms with Crippen molar-refractivity contribution in [2.75, 3.05) is 20.7 Å². The Labute approximate surface area is 113 Å². The van der Waals surface area contributed by atoms with Crippen molar-refractivity contribution < 1.29 is 5.11 Å². The van der Waals surface area contributed by atoms with E-state index in [2.05, 4.69) is 38.0 Å². The molecule has 1 aliphatic rings. The van der Waals surface area contributed by atoms with E-state index in [0.717, 1.165) is 18.8 Å². The van der Waals surface area contributed by atoms with Gasteiger partial charge in [0.15, 0.2) is 0 Å². The number of aliphatic hydroxyl groups excluding tert-OH is 1. The van der Waals surface area contributed by atoms with E-state index in [1.54, 1.807) is 0 Å². The molecule has 1 fully saturated rings. The second-order valence-corrected chi connectivity index (χ2v) is 6.58. The van der Waals surface area contributed by atoms with Crippen LogP contribution in [0.25, 0.3) is 0 Å². The summed E-state index contributed by atoms with van der Waals surface area (Å²) in [6.07, 6.45) is 5.90. The van der Waals surface area contributed by atoms with E-state index in [1.165, 1.54) is 19.3 Å². The first-order valence-electron chi connectivity index (χ1n) is 7.46. The molecule has 0 heterocycles. The molecule has 3 nitrogen and oxygen atoms in total. The van der Waals surface area contributed by atoms with Crippen LogP contribution >= 0.6 is 0 Å². The quantitative estimate of drug-likeness (QED) is 0.765. The van der Waals surface area contributed by atoms with Gasteiger partial charge in [0.25, 0.3) is 0 Å². The summed E-state index contributed by atoms with van der Waals surface area (Å²) in [6, 6.07) is 1.23. The normalized spacial score (nSPS) is 31.0. The Morgan fingerprint density at radius 3 is 2.56 bits per heavy atom. The monoisotopic (exact) mass is 256 g/mol. The third-order valence-corrected chi connectivity index (χ3v) is 4.74. The Morgan fingerprint density at radius 2 is 2.06 bits per heavy atom. The lowest BCUT2D eigenvalue weighted by molar-refractivity contribution is 0.0557. The number of likely N-dealkylation sites (N-methyl/N-ethyl adjacent to an activating group) is 1. The zero-order chi connectivity index (χ0) is 13.8. The molecule has 2 N–H and O–H groups in total. The molecular weight excluding hydrogens is 224 g/mol. The van der Waals surface area contributed by atoms with Gasteiger partial charge >= 0.3 is 0 Å². The Morgan fingerprint density at radius 1 is 1.39 bits per heavy atom. The highest BCUT2D eigenvalue weighted by Crippen LogP contribution is 2.31. The summed E-state index contributed by atoms with van der Waals surface area (Å²) >= 11 is 0. The lowest BCUT2D eigenvalue weighted by Crippen LogP contribution is -2.55. The van der Waals surface area contributed by atoms with Crippen molar-refractivity contribution in [3.8, 4) is 0 Å². The molecule has 0 radical (unpaired) electrons. The van der Waals surface area contributed by atoms with E-state index in [9.17, 15) is 5.11 Å². The maximum Gasteiger partial charge on any atom is 0.0613 e. The molecule has 3 heteroatoms. The van der Waals surface area contributed by atoms with Crippen LogP contribution in [0.15, 0.2) is 0 Å². The highest BCUT2D eigenvalue weighted by molar-refractivity contribution is 4.95. The summed E-state index contributed by atoms with van der Waals surface area (Å²) in [6.45, 7) is 7.16. The highest BCUT2D eigenvalue weighted by Gasteiger charge is 2.36. The molecule has 0 aromatic carbocycles. The van der Waals surface area contributed by atoms with Crippen LogP contribution < -0.4 is 5.32 Å². The zero-order valence-corrected chi connectivity index (χ0v) is 12.9. The van der Waals surface area contributed by atoms with Crippen molar-refractivity contribution in [3.63, 3.8) is 0 Å². The van der Waals surface area contributed by atoms with E-state index in [-0.39, 0.29) is 12.1 Å². The molecule has 1 saturated carbocycles. The minimum atomic E-state index is -0.0469. The van der Waals surface area contributed by atoms with Crippen LogP contribution in [0.3, 0.4) is 0 Å². The van der Waals surface area contributed by atoms with Gasteiger partial charge in [-0.2, -0.15) is 0 Å². The van der Waals surface area contributed by atoms with Crippen LogP contribution in [0.1, 0.15) is 52.9 Å². The van der Waals surface area contributed by atoms with Gasteiger partial charge in [0.1, 0.15) is 0 Å². The summed E-state index contributed by atoms with van der Waals surface area (Å²) in [5.74, 6) is 0.748. The Kier molecular flexibility index (Phi) is 6.09. The first-order chi connectivity index (χ1) is 8.44. The third kappa shape index (κ3) is 3.94. The van der Waals surface area contributed by atoms with Crippen molar-refractivity contribution >= 4 is 0 Å². The topological polar surface area (TPSA) is 35.5 Å². The maximum atomic E-state index is 9.64. The van der Waals surface area contributed by atoms with Crippen LogP contribution in [0.4, 0.5) is 0 Å². The maximum absolute atomic E-state index is 9.64. The predicted octanol–water partition coefficient (Wildman–Crippen LogP) is 2.25. The minimum Gasteiger partial charge on any atom is -0.394 e. The number of aliphatic hydroxyl groups is 1. The largest absolute Gasteiger partial charge is 0.394 e. The van der Waals surface area contributed by atoms with Crippen molar-refractivity contribution in [3.05, 3.63) is 0 Å². The molecule has 0 aliphatic heterocycles. The van der Waals surface area contributed by atoms with Crippen LogP contribution in [0.2, 0.25) is 0 Å². The fourth-order valence-corrected chi connectivity index (χ4v) is 3.34. The molecule has 3 atom stereocenters. The van der Waals surface area contributed by atoms with E-state index in [0.29, 0.717) is 12.1 Å². The fourth-order valence-electron chi connectivity index (χ4n) is 3.34. The SMILES string of the molecule is CNC1(CO)CCCC(N(C)C(C)CC(C)C)C1. The second kappa shape index (κ2) is 6.88. The lowest BCUT2D eigenvalue weighted by Gasteiger charge is -2.44. The second-order valence-electron chi connectivity index (χ2n) is 6.58. The van der Waals surface area contributed by atoms with Crippen LogP contribution in [-0.4, -0.2) is 48.3 Å². The third-order valence-electron chi connectivity index (χ3n) is 4.74. The van der Waals surface area contributed by atoms with Gasteiger partial charge in [0.05, 0.1) is 6.61 Å². The summed E-state index contributed by atoms with van der Waals surface area (Å²) in [7, 11) is 4.23. The molecule has 0 amide bonds. The van der Waals surface area contributed by atoms with Gasteiger partial charge in [-0.1, -0.05) is 13.8 Å². The molecule has 18 heavy (non-hydrogen) atoms. The number of hydrogen-bond acceptors (Lipinski definition) is 3. The van der Waals surface area contributed by atoms with Gasteiger partial charge in [-0.15, -0.1) is 0 Å². The molecule has 108 valence electrons. The number of nitrogens with one attached hydrogen (secondary N) is 1. The van der Waals surface area contributed by atoms with Crippen molar-refractivity contribution in [1.29, 1.82) is 0 Å². The average Bonchev–Trinajstić information content (AvgIpc) is 2.37. The molecule has 0 aromatic rings. The summed E-state index contributed by atoms with van der Waals surface area (Å²) in [5.41, 5.74) is -0.0469. The molecular formula is C15H32N2O. The number of hydrogen-bond donors (Lipinski definition) is 2. The van der Waals surface area contributed by atoms with E-state index in [1.807, 2.05) is 7.05 Å². The molecule has 0 saturated heterocycles. The predicted molar refractivity (Wildman–Crippen MR) is 77.8 cm³/mol. The Bertz CT molecular complexity index is 239. The molecule has 0 bridgehead atoms. The summed E-state index contributed by atoms with van der Waals surface area (Å²) < 4.78 is 0. The molecule has 0 spiro atoms. The molecule has 1 aliphatic carbocycles. The van der Waals surface area contributed by atoms with E-state index in [4.69, 9.17) is 0 Å². The Hall–Kier alpha value is -0.120. The zero-order valence-electron chi connectivity index (χ0n) is 12.9. The van der Waals surface area contributed by atoms with E-state index < -0.39 is 0 Å². The summed E-state index contributed by atoms with van der Waals surface area (Å²) in [4.78, 5) is 2.53. The summed E-state index contributed by atoms with van der Waals surface area (Å²) in [5, 5.41) is 13.0. The highest BCUT2D eigenvalue weighted by atomic mass is 16.3. The molecule has 3 unspecified atom stereocenters.